The van der Waals surface area contributed by atoms with E-state index in [4.69, 9.17) is 11.6 Å². The molecule has 1 atom stereocenters. The van der Waals surface area contributed by atoms with Gasteiger partial charge in [0, 0.05) is 16.1 Å². The Morgan fingerprint density at radius 3 is 2.07 bits per heavy atom. The first-order chi connectivity index (χ1) is 14.1. The van der Waals surface area contributed by atoms with Crippen molar-refractivity contribution < 1.29 is 32.2 Å². The van der Waals surface area contributed by atoms with E-state index in [0.29, 0.717) is 5.02 Å². The van der Waals surface area contributed by atoms with Gasteiger partial charge in [-0.15, -0.1) is 0 Å². The number of pyridine rings is 1. The van der Waals surface area contributed by atoms with Gasteiger partial charge in [0.2, 0.25) is 0 Å². The van der Waals surface area contributed by atoms with E-state index in [2.05, 4.69) is 4.98 Å². The van der Waals surface area contributed by atoms with Gasteiger partial charge in [0.1, 0.15) is 11.8 Å². The molecular formula is C21H15ClF5NO2. The molecule has 3 aromatic rings. The average Bonchev–Trinajstić information content (AvgIpc) is 2.72. The molecule has 0 aliphatic heterocycles. The Morgan fingerprint density at radius 1 is 0.967 bits per heavy atom. The van der Waals surface area contributed by atoms with E-state index in [9.17, 15) is 32.2 Å². The number of hydrogen-bond acceptors (Lipinski definition) is 3. The molecule has 3 nitrogen and oxygen atoms in total. The van der Waals surface area contributed by atoms with Gasteiger partial charge in [-0.25, -0.2) is 13.8 Å². The van der Waals surface area contributed by atoms with Crippen molar-refractivity contribution in [3.05, 3.63) is 87.7 Å². The Labute approximate surface area is 173 Å². The lowest BCUT2D eigenvalue weighted by molar-refractivity contribution is -0.142. The van der Waals surface area contributed by atoms with Gasteiger partial charge in [0.25, 0.3) is 6.43 Å². The summed E-state index contributed by atoms with van der Waals surface area (Å²) < 4.78 is 68.7. The maximum Gasteiger partial charge on any atom is 0.433 e. The van der Waals surface area contributed by atoms with Gasteiger partial charge < -0.3 is 10.2 Å². The first kappa shape index (κ1) is 22.1. The third kappa shape index (κ3) is 4.30. The minimum absolute atomic E-state index is 0.0533. The van der Waals surface area contributed by atoms with E-state index in [1.807, 2.05) is 0 Å². The summed E-state index contributed by atoms with van der Waals surface area (Å²) in [7, 11) is 0. The van der Waals surface area contributed by atoms with Crippen LogP contribution in [-0.2, 0) is 12.8 Å². The van der Waals surface area contributed by atoms with Gasteiger partial charge in [-0.05, 0) is 28.8 Å². The van der Waals surface area contributed by atoms with Crippen LogP contribution >= 0.6 is 11.6 Å². The molecule has 0 saturated carbocycles. The Hall–Kier alpha value is -2.55. The predicted octanol–water partition coefficient (Wildman–Crippen LogP) is 5.93. The molecule has 158 valence electrons. The van der Waals surface area contributed by atoms with Crippen molar-refractivity contribution in [1.29, 1.82) is 0 Å². The van der Waals surface area contributed by atoms with Crippen molar-refractivity contribution in [1.82, 2.24) is 4.98 Å². The van der Waals surface area contributed by atoms with Crippen LogP contribution in [0.2, 0.25) is 5.02 Å². The van der Waals surface area contributed by atoms with Crippen LogP contribution in [0.1, 0.15) is 40.6 Å². The fraction of sp³-hybridized carbons (Fsp3) is 0.190. The first-order valence-corrected chi connectivity index (χ1v) is 9.04. The van der Waals surface area contributed by atoms with E-state index in [1.165, 1.54) is 48.5 Å². The third-order valence-electron chi connectivity index (χ3n) is 4.52. The molecule has 2 aromatic carbocycles. The Bertz CT molecular complexity index is 1020. The molecular weight excluding hydrogens is 429 g/mol. The number of alkyl halides is 5. The van der Waals surface area contributed by atoms with Crippen molar-refractivity contribution in [2.75, 3.05) is 0 Å². The standard InChI is InChI=1S/C21H15ClF5NO2/c22-13-8-6-12(7-9-13)18(30)16-15(11-4-2-1-3-5-11)14(10-29)17(20(23)24)28-19(16)21(25,26)27/h1-9,18,20,29-30H,10H2. The van der Waals surface area contributed by atoms with Crippen LogP contribution in [0.5, 0.6) is 0 Å². The van der Waals surface area contributed by atoms with Crippen molar-refractivity contribution >= 4 is 11.6 Å². The number of halogens is 6. The Kier molecular flexibility index (Phi) is 6.40. The quantitative estimate of drug-likeness (QED) is 0.480. The van der Waals surface area contributed by atoms with Crippen molar-refractivity contribution in [2.24, 2.45) is 0 Å². The average molecular weight is 444 g/mol. The highest BCUT2D eigenvalue weighted by molar-refractivity contribution is 6.30. The lowest BCUT2D eigenvalue weighted by Crippen LogP contribution is -2.20. The molecule has 0 aliphatic rings. The molecule has 0 amide bonds. The van der Waals surface area contributed by atoms with Crippen LogP contribution in [0.15, 0.2) is 54.6 Å². The number of benzene rings is 2. The van der Waals surface area contributed by atoms with Crippen LogP contribution in [0, 0.1) is 0 Å². The maximum absolute atomic E-state index is 13.9. The second-order valence-corrected chi connectivity index (χ2v) is 6.83. The number of rotatable bonds is 5. The topological polar surface area (TPSA) is 53.4 Å². The van der Waals surface area contributed by atoms with Crippen LogP contribution in [0.3, 0.4) is 0 Å². The highest BCUT2D eigenvalue weighted by atomic mass is 35.5. The zero-order valence-corrected chi connectivity index (χ0v) is 15.9. The monoisotopic (exact) mass is 443 g/mol. The van der Waals surface area contributed by atoms with Crippen molar-refractivity contribution in [2.45, 2.75) is 25.3 Å². The smallest absolute Gasteiger partial charge is 0.392 e. The fourth-order valence-electron chi connectivity index (χ4n) is 3.23. The van der Waals surface area contributed by atoms with Crippen LogP contribution < -0.4 is 0 Å². The predicted molar refractivity (Wildman–Crippen MR) is 101 cm³/mol. The van der Waals surface area contributed by atoms with Crippen molar-refractivity contribution in [3.8, 4) is 11.1 Å². The lowest BCUT2D eigenvalue weighted by Gasteiger charge is -2.25. The van der Waals surface area contributed by atoms with E-state index < -0.39 is 47.8 Å². The minimum Gasteiger partial charge on any atom is -0.392 e. The first-order valence-electron chi connectivity index (χ1n) is 8.67. The lowest BCUT2D eigenvalue weighted by atomic mass is 9.87. The summed E-state index contributed by atoms with van der Waals surface area (Å²) in [6.45, 7) is -0.991. The van der Waals surface area contributed by atoms with E-state index in [1.54, 1.807) is 6.07 Å². The number of hydrogen-bond donors (Lipinski definition) is 2. The molecule has 1 unspecified atom stereocenters. The molecule has 0 saturated heterocycles. The van der Waals surface area contributed by atoms with E-state index in [-0.39, 0.29) is 16.7 Å². The molecule has 0 radical (unpaired) electrons. The highest BCUT2D eigenvalue weighted by Gasteiger charge is 2.41. The van der Waals surface area contributed by atoms with Crippen LogP contribution in [0.4, 0.5) is 22.0 Å². The zero-order valence-electron chi connectivity index (χ0n) is 15.2. The molecule has 1 aromatic heterocycles. The third-order valence-corrected chi connectivity index (χ3v) is 4.77. The number of aliphatic hydroxyl groups excluding tert-OH is 2. The number of nitrogens with zero attached hydrogens (tertiary/aromatic N) is 1. The van der Waals surface area contributed by atoms with Gasteiger partial charge in [-0.1, -0.05) is 54.1 Å². The second kappa shape index (κ2) is 8.67. The molecule has 3 rings (SSSR count). The van der Waals surface area contributed by atoms with Gasteiger partial charge in [-0.3, -0.25) is 0 Å². The zero-order chi connectivity index (χ0) is 22.1. The van der Waals surface area contributed by atoms with Gasteiger partial charge in [-0.2, -0.15) is 13.2 Å². The van der Waals surface area contributed by atoms with Gasteiger partial charge in [0.15, 0.2) is 5.69 Å². The fourth-order valence-corrected chi connectivity index (χ4v) is 3.35. The van der Waals surface area contributed by atoms with E-state index in [0.717, 1.165) is 0 Å². The number of aliphatic hydroxyl groups is 2. The molecule has 0 aliphatic carbocycles. The Morgan fingerprint density at radius 2 is 1.57 bits per heavy atom. The summed E-state index contributed by atoms with van der Waals surface area (Å²) in [5.74, 6) is 0. The summed E-state index contributed by atoms with van der Waals surface area (Å²) in [6, 6.07) is 12.8. The summed E-state index contributed by atoms with van der Waals surface area (Å²) in [4.78, 5) is 3.14. The normalized spacial score (nSPS) is 13.0. The van der Waals surface area contributed by atoms with Crippen molar-refractivity contribution in [3.63, 3.8) is 0 Å². The second-order valence-electron chi connectivity index (χ2n) is 6.39. The highest BCUT2D eigenvalue weighted by Crippen LogP contribution is 2.44. The summed E-state index contributed by atoms with van der Waals surface area (Å²) >= 11 is 5.81. The molecule has 0 fully saturated rings. The molecule has 0 bridgehead atoms. The number of aromatic nitrogens is 1. The molecule has 0 spiro atoms. The molecule has 1 heterocycles. The van der Waals surface area contributed by atoms with Gasteiger partial charge >= 0.3 is 6.18 Å². The van der Waals surface area contributed by atoms with Crippen LogP contribution in [0.25, 0.3) is 11.1 Å². The Balaban J connectivity index is 2.44. The minimum atomic E-state index is -5.14. The summed E-state index contributed by atoms with van der Waals surface area (Å²) in [5.41, 5.74) is -4.18. The molecule has 30 heavy (non-hydrogen) atoms. The summed E-state index contributed by atoms with van der Waals surface area (Å²) in [5, 5.41) is 20.9. The molecule has 9 heteroatoms. The van der Waals surface area contributed by atoms with Crippen LogP contribution in [-0.4, -0.2) is 15.2 Å². The summed E-state index contributed by atoms with van der Waals surface area (Å²) in [6.07, 6.45) is -10.4. The largest absolute Gasteiger partial charge is 0.433 e. The van der Waals surface area contributed by atoms with E-state index >= 15 is 0 Å². The molecule has 2 N–H and O–H groups in total. The SMILES string of the molecule is OCc1c(C(F)F)nc(C(F)(F)F)c(C(O)c2ccc(Cl)cc2)c1-c1ccccc1. The van der Waals surface area contributed by atoms with Gasteiger partial charge in [0.05, 0.1) is 6.61 Å². The maximum atomic E-state index is 13.9.